The van der Waals surface area contributed by atoms with E-state index in [1.54, 1.807) is 0 Å². The fourth-order valence-corrected chi connectivity index (χ4v) is 8.89. The molecule has 2 aliphatic rings. The molecule has 33 heteroatoms. The average molecular weight is 836 g/mol. The van der Waals surface area contributed by atoms with Gasteiger partial charge in [0.05, 0.1) is 19.3 Å². The van der Waals surface area contributed by atoms with Crippen molar-refractivity contribution in [3.8, 4) is 0 Å². The number of rotatable bonds is 13. The number of anilines is 2. The number of imidazole rings is 2. The van der Waals surface area contributed by atoms with Gasteiger partial charge in [0.2, 0.25) is 0 Å². The van der Waals surface area contributed by atoms with E-state index in [0.717, 1.165) is 29.9 Å². The van der Waals surface area contributed by atoms with Crippen LogP contribution in [0.25, 0.3) is 22.3 Å². The molecule has 4 aromatic heterocycles. The van der Waals surface area contributed by atoms with Crippen LogP contribution in [0, 0.1) is 0 Å². The van der Waals surface area contributed by atoms with Gasteiger partial charge < -0.3 is 65.4 Å². The number of aromatic nitrogens is 8. The Balaban J connectivity index is 1.32. The van der Waals surface area contributed by atoms with Crippen LogP contribution in [-0.2, 0) is 45.8 Å². The maximum Gasteiger partial charge on any atom is 0.472 e. The summed E-state index contributed by atoms with van der Waals surface area (Å²) in [6, 6.07) is 0. The molecule has 0 aliphatic carbocycles. The van der Waals surface area contributed by atoms with Crippen LogP contribution in [0.2, 0.25) is 0 Å². The average Bonchev–Trinajstić information content (AvgIpc) is 3.80. The molecule has 6 heterocycles. The van der Waals surface area contributed by atoms with Gasteiger partial charge in [-0.3, -0.25) is 31.8 Å². The molecule has 10 atom stereocenters. The molecule has 2 fully saturated rings. The standard InChI is InChI=1S/C20H28N10O19P4/c21-14-7-16(25-2-23-14)29(4-27-7)18-10(32)9(31)6(45-18)1-44-53(42,43)48-12-11(47-51(36,37)38)13(20(50(33,34)35)49-52(39,40)41)46-19(12)30-5-28-8-15(22)24-3-26-17(8)30/h2-6,9-13,18-20,31-32H,1H2,(H,42,43)(H2,21,23,25)(H2,22,24,26)(H2,33,34,35)(H2,36,37,38)(H2,39,40,41)/t6-,9-,10-,11+,12-,13+,18-,19-,20?/m1/s1. The normalized spacial score (nSPS) is 28.8. The zero-order valence-electron chi connectivity index (χ0n) is 25.8. The molecular weight excluding hydrogens is 808 g/mol. The molecule has 0 bridgehead atoms. The first-order valence-corrected chi connectivity index (χ1v) is 20.5. The number of phosphoric ester groups is 3. The van der Waals surface area contributed by atoms with Gasteiger partial charge in [-0.05, 0) is 0 Å². The highest BCUT2D eigenvalue weighted by atomic mass is 31.2. The van der Waals surface area contributed by atoms with Crippen molar-refractivity contribution in [3.63, 3.8) is 0 Å². The first-order chi connectivity index (χ1) is 24.5. The van der Waals surface area contributed by atoms with Gasteiger partial charge in [-0.2, -0.15) is 0 Å². The van der Waals surface area contributed by atoms with Crippen molar-refractivity contribution in [1.82, 2.24) is 39.0 Å². The lowest BCUT2D eigenvalue weighted by Gasteiger charge is -2.29. The van der Waals surface area contributed by atoms with Crippen molar-refractivity contribution >= 4 is 65.0 Å². The minimum atomic E-state index is -5.90. The van der Waals surface area contributed by atoms with Crippen LogP contribution in [0.1, 0.15) is 12.5 Å². The quantitative estimate of drug-likeness (QED) is 0.0595. The Morgan fingerprint density at radius 3 is 1.77 bits per heavy atom. The zero-order chi connectivity index (χ0) is 38.8. The monoisotopic (exact) mass is 836 g/mol. The van der Waals surface area contributed by atoms with E-state index in [9.17, 15) is 62.7 Å². The molecule has 4 aromatic rings. The van der Waals surface area contributed by atoms with E-state index in [1.807, 2.05) is 0 Å². The molecular formula is C20H28N10O19P4. The number of aliphatic hydroxyl groups excluding tert-OH is 2. The van der Waals surface area contributed by atoms with Gasteiger partial charge in [0.1, 0.15) is 60.3 Å². The van der Waals surface area contributed by atoms with E-state index in [0.29, 0.717) is 0 Å². The van der Waals surface area contributed by atoms with Crippen LogP contribution >= 0.6 is 31.1 Å². The van der Waals surface area contributed by atoms with Gasteiger partial charge in [-0.1, -0.05) is 0 Å². The van der Waals surface area contributed by atoms with E-state index in [-0.39, 0.29) is 34.0 Å². The van der Waals surface area contributed by atoms with Crippen molar-refractivity contribution in [2.24, 2.45) is 0 Å². The third-order valence-corrected chi connectivity index (χ3v) is 10.9. The SMILES string of the molecule is Nc1ncnc2c1ncn2[C@@H]1O[C@H](COP(=O)(O)O[C@@H]2[C@H](OP(=O)(O)O)[C@@H](C(OP(=O)(O)O)P(=O)(O)O)O[C@H]2n2cnc3c(N)ncnc32)[C@@H](O)[C@H]1O. The van der Waals surface area contributed by atoms with Crippen LogP contribution in [0.5, 0.6) is 0 Å². The summed E-state index contributed by atoms with van der Waals surface area (Å²) in [5.41, 5.74) is 11.4. The number of hydrogen-bond acceptors (Lipinski definition) is 20. The summed E-state index contributed by atoms with van der Waals surface area (Å²) in [5.74, 6) is -3.31. The van der Waals surface area contributed by atoms with Crippen LogP contribution in [0.3, 0.4) is 0 Å². The van der Waals surface area contributed by atoms with Crippen molar-refractivity contribution in [2.75, 3.05) is 18.1 Å². The third-order valence-electron chi connectivity index (χ3n) is 7.66. The van der Waals surface area contributed by atoms with Crippen LogP contribution in [-0.4, -0.2) is 133 Å². The minimum absolute atomic E-state index is 0.0162. The number of nitrogens with zero attached hydrogens (tertiary/aromatic N) is 8. The summed E-state index contributed by atoms with van der Waals surface area (Å²) < 4.78 is 82.1. The second-order valence-electron chi connectivity index (χ2n) is 11.2. The van der Waals surface area contributed by atoms with E-state index < -0.39 is 92.6 Å². The fraction of sp³-hybridized carbons (Fsp3) is 0.500. The fourth-order valence-electron chi connectivity index (χ4n) is 5.52. The van der Waals surface area contributed by atoms with Gasteiger partial charge in [0.15, 0.2) is 41.2 Å². The van der Waals surface area contributed by atoms with Crippen molar-refractivity contribution in [2.45, 2.75) is 54.9 Å². The Morgan fingerprint density at radius 1 is 0.717 bits per heavy atom. The van der Waals surface area contributed by atoms with E-state index in [2.05, 4.69) is 39.0 Å². The van der Waals surface area contributed by atoms with Crippen LogP contribution in [0.15, 0.2) is 25.3 Å². The molecule has 13 N–H and O–H groups in total. The highest BCUT2D eigenvalue weighted by Gasteiger charge is 2.60. The summed E-state index contributed by atoms with van der Waals surface area (Å²) in [7, 11) is -23.2. The van der Waals surface area contributed by atoms with Gasteiger partial charge in [-0.15, -0.1) is 0 Å². The Hall–Kier alpha value is -2.98. The van der Waals surface area contributed by atoms with Crippen molar-refractivity contribution < 1.29 is 90.3 Å². The van der Waals surface area contributed by atoms with Crippen LogP contribution < -0.4 is 11.5 Å². The van der Waals surface area contributed by atoms with Gasteiger partial charge in [0.25, 0.3) is 0 Å². The second kappa shape index (κ2) is 14.3. The van der Waals surface area contributed by atoms with E-state index in [4.69, 9.17) is 30.0 Å². The first kappa shape index (κ1) is 39.7. The lowest BCUT2D eigenvalue weighted by Crippen LogP contribution is -2.42. The lowest BCUT2D eigenvalue weighted by atomic mass is 10.1. The summed E-state index contributed by atoms with van der Waals surface area (Å²) in [5, 5.41) is 21.4. The molecule has 6 rings (SSSR count). The number of aliphatic hydroxyl groups is 2. The Bertz CT molecular complexity index is 2190. The molecule has 2 saturated heterocycles. The predicted molar refractivity (Wildman–Crippen MR) is 166 cm³/mol. The van der Waals surface area contributed by atoms with Gasteiger partial charge in [0, 0.05) is 0 Å². The number of nitrogens with two attached hydrogens (primary N) is 2. The maximum atomic E-state index is 13.5. The smallest absolute Gasteiger partial charge is 0.387 e. The molecule has 2 unspecified atom stereocenters. The van der Waals surface area contributed by atoms with E-state index in [1.165, 1.54) is 4.57 Å². The molecule has 0 aromatic carbocycles. The Kier molecular flexibility index (Phi) is 10.7. The summed E-state index contributed by atoms with van der Waals surface area (Å²) in [6.07, 6.45) is -12.2. The number of phosphoric acid groups is 3. The van der Waals surface area contributed by atoms with Crippen molar-refractivity contribution in [1.29, 1.82) is 0 Å². The Morgan fingerprint density at radius 2 is 1.26 bits per heavy atom. The second-order valence-corrected chi connectivity index (χ2v) is 16.7. The first-order valence-electron chi connectivity index (χ1n) is 14.3. The zero-order valence-corrected chi connectivity index (χ0v) is 29.4. The lowest BCUT2D eigenvalue weighted by molar-refractivity contribution is -0.0675. The molecule has 0 radical (unpaired) electrons. The largest absolute Gasteiger partial charge is 0.472 e. The van der Waals surface area contributed by atoms with E-state index >= 15 is 0 Å². The molecule has 29 nitrogen and oxygen atoms in total. The van der Waals surface area contributed by atoms with Crippen LogP contribution in [0.4, 0.5) is 11.6 Å². The maximum absolute atomic E-state index is 13.5. The van der Waals surface area contributed by atoms with Gasteiger partial charge >= 0.3 is 31.1 Å². The van der Waals surface area contributed by atoms with Gasteiger partial charge in [-0.25, -0.2) is 43.6 Å². The molecule has 0 amide bonds. The highest BCUT2D eigenvalue weighted by Crippen LogP contribution is 2.59. The molecule has 2 aliphatic heterocycles. The summed E-state index contributed by atoms with van der Waals surface area (Å²) >= 11 is 0. The molecule has 0 spiro atoms. The predicted octanol–water partition coefficient (Wildman–Crippen LogP) is -3.06. The highest BCUT2D eigenvalue weighted by molar-refractivity contribution is 7.54. The number of fused-ring (bicyclic) bond motifs is 2. The Labute approximate surface area is 292 Å². The molecule has 53 heavy (non-hydrogen) atoms. The minimum Gasteiger partial charge on any atom is -0.387 e. The third kappa shape index (κ3) is 8.34. The molecule has 292 valence electrons. The number of ether oxygens (including phenoxy) is 2. The molecule has 0 saturated carbocycles. The van der Waals surface area contributed by atoms with Crippen molar-refractivity contribution in [3.05, 3.63) is 25.3 Å². The summed E-state index contributed by atoms with van der Waals surface area (Å²) in [6.45, 7) is -1.04. The number of nitrogen functional groups attached to an aromatic ring is 2. The topological polar surface area (TPSA) is 445 Å². The number of hydrogen-bond donors (Lipinski definition) is 11. The summed E-state index contributed by atoms with van der Waals surface area (Å²) in [4.78, 5) is 92.5.